The van der Waals surface area contributed by atoms with Crippen molar-refractivity contribution < 1.29 is 14.0 Å². The van der Waals surface area contributed by atoms with Crippen LogP contribution in [0.4, 0.5) is 4.39 Å². The topological polar surface area (TPSA) is 77.1 Å². The van der Waals surface area contributed by atoms with Gasteiger partial charge in [0, 0.05) is 57.9 Å². The van der Waals surface area contributed by atoms with Crippen LogP contribution in [0, 0.1) is 12.7 Å². The van der Waals surface area contributed by atoms with Gasteiger partial charge >= 0.3 is 0 Å². The van der Waals surface area contributed by atoms with Gasteiger partial charge in [0.05, 0.1) is 12.3 Å². The number of aryl methyl sites for hydroxylation is 1. The van der Waals surface area contributed by atoms with E-state index in [0.717, 1.165) is 55.7 Å². The second-order valence-electron chi connectivity index (χ2n) is 6.68. The van der Waals surface area contributed by atoms with E-state index in [0.29, 0.717) is 12.1 Å². The Hall–Kier alpha value is -2.45. The molecular weight excluding hydrogens is 349 g/mol. The maximum absolute atomic E-state index is 13.5. The fraction of sp³-hybridized carbons (Fsp3) is 0.474. The number of benzene rings is 1. The summed E-state index contributed by atoms with van der Waals surface area (Å²) in [6, 6.07) is 6.74. The van der Waals surface area contributed by atoms with Crippen molar-refractivity contribution in [1.82, 2.24) is 20.3 Å². The summed E-state index contributed by atoms with van der Waals surface area (Å²) < 4.78 is 18.6. The van der Waals surface area contributed by atoms with Crippen LogP contribution in [-0.2, 0) is 19.7 Å². The summed E-state index contributed by atoms with van der Waals surface area (Å²) in [4.78, 5) is 8.91. The Labute approximate surface area is 158 Å². The zero-order chi connectivity index (χ0) is 19.2. The van der Waals surface area contributed by atoms with E-state index in [-0.39, 0.29) is 12.4 Å². The van der Waals surface area contributed by atoms with Crippen molar-refractivity contribution in [2.75, 3.05) is 33.2 Å². The molecule has 0 bridgehead atoms. The first kappa shape index (κ1) is 19.3. The number of hydrogen-bond acceptors (Lipinski definition) is 5. The molecule has 0 amide bonds. The predicted octanol–water partition coefficient (Wildman–Crippen LogP) is 1.51. The van der Waals surface area contributed by atoms with Crippen molar-refractivity contribution >= 4 is 5.96 Å². The summed E-state index contributed by atoms with van der Waals surface area (Å²) in [5.41, 5.74) is 2.17. The van der Waals surface area contributed by atoms with Crippen LogP contribution < -0.4 is 5.32 Å². The van der Waals surface area contributed by atoms with Crippen LogP contribution in [0.15, 0.2) is 33.8 Å². The maximum atomic E-state index is 13.5. The highest BCUT2D eigenvalue weighted by Crippen LogP contribution is 2.12. The van der Waals surface area contributed by atoms with E-state index in [9.17, 15) is 9.50 Å². The summed E-state index contributed by atoms with van der Waals surface area (Å²) in [7, 11) is 1.76. The van der Waals surface area contributed by atoms with E-state index in [4.69, 9.17) is 4.52 Å². The molecule has 146 valence electrons. The third-order valence-corrected chi connectivity index (χ3v) is 4.68. The van der Waals surface area contributed by atoms with E-state index in [2.05, 4.69) is 25.3 Å². The molecule has 27 heavy (non-hydrogen) atoms. The molecule has 2 aromatic rings. The van der Waals surface area contributed by atoms with Crippen LogP contribution in [-0.4, -0.2) is 59.2 Å². The molecule has 1 aliphatic rings. The van der Waals surface area contributed by atoms with Gasteiger partial charge in [-0.15, -0.1) is 0 Å². The van der Waals surface area contributed by atoms with Gasteiger partial charge in [-0.05, 0) is 24.6 Å². The molecule has 2 N–H and O–H groups in total. The second-order valence-corrected chi connectivity index (χ2v) is 6.68. The number of halogens is 1. The molecule has 7 nitrogen and oxygen atoms in total. The zero-order valence-corrected chi connectivity index (χ0v) is 15.8. The Bertz CT molecular complexity index is 784. The van der Waals surface area contributed by atoms with Crippen molar-refractivity contribution in [1.29, 1.82) is 0 Å². The number of aromatic nitrogens is 1. The Kier molecular flexibility index (Phi) is 6.41. The third kappa shape index (κ3) is 5.05. The SMILES string of the molecule is CN=C(NCc1ccc(F)c(CO)c1)N1CCN(Cc2cc(C)on2)CC1. The molecule has 1 aromatic heterocycles. The second kappa shape index (κ2) is 8.96. The largest absolute Gasteiger partial charge is 0.392 e. The molecule has 3 rings (SSSR count). The van der Waals surface area contributed by atoms with Crippen LogP contribution in [0.25, 0.3) is 0 Å². The molecule has 0 saturated carbocycles. The van der Waals surface area contributed by atoms with Crippen LogP contribution in [0.5, 0.6) is 0 Å². The number of hydrogen-bond donors (Lipinski definition) is 2. The Morgan fingerprint density at radius 1 is 1.30 bits per heavy atom. The highest BCUT2D eigenvalue weighted by Gasteiger charge is 2.20. The van der Waals surface area contributed by atoms with Crippen molar-refractivity contribution in [2.45, 2.75) is 26.6 Å². The van der Waals surface area contributed by atoms with Crippen molar-refractivity contribution in [3.05, 3.63) is 52.7 Å². The summed E-state index contributed by atoms with van der Waals surface area (Å²) in [5, 5.41) is 16.6. The van der Waals surface area contributed by atoms with Crippen LogP contribution in [0.2, 0.25) is 0 Å². The van der Waals surface area contributed by atoms with Gasteiger partial charge in [0.1, 0.15) is 11.6 Å². The summed E-state index contributed by atoms with van der Waals surface area (Å²) in [5.74, 6) is 1.27. The van der Waals surface area contributed by atoms with Gasteiger partial charge in [0.15, 0.2) is 5.96 Å². The fourth-order valence-corrected chi connectivity index (χ4v) is 3.21. The Morgan fingerprint density at radius 3 is 2.70 bits per heavy atom. The van der Waals surface area contributed by atoms with E-state index >= 15 is 0 Å². The molecule has 1 aliphatic heterocycles. The normalized spacial score (nSPS) is 16.0. The lowest BCUT2D eigenvalue weighted by Gasteiger charge is -2.36. The number of nitrogens with zero attached hydrogens (tertiary/aromatic N) is 4. The molecule has 1 aromatic carbocycles. The number of piperazine rings is 1. The van der Waals surface area contributed by atoms with Crippen LogP contribution >= 0.6 is 0 Å². The number of aliphatic imine (C=N–C) groups is 1. The number of nitrogens with one attached hydrogen (secondary N) is 1. The van der Waals surface area contributed by atoms with Gasteiger partial charge < -0.3 is 19.8 Å². The summed E-state index contributed by atoms with van der Waals surface area (Å²) in [6.45, 7) is 6.46. The van der Waals surface area contributed by atoms with E-state index in [1.807, 2.05) is 13.0 Å². The highest BCUT2D eigenvalue weighted by molar-refractivity contribution is 5.80. The highest BCUT2D eigenvalue weighted by atomic mass is 19.1. The monoisotopic (exact) mass is 375 g/mol. The lowest BCUT2D eigenvalue weighted by Crippen LogP contribution is -2.52. The smallest absolute Gasteiger partial charge is 0.194 e. The lowest BCUT2D eigenvalue weighted by atomic mass is 10.1. The molecule has 8 heteroatoms. The minimum absolute atomic E-state index is 0.304. The van der Waals surface area contributed by atoms with E-state index in [1.165, 1.54) is 6.07 Å². The van der Waals surface area contributed by atoms with Gasteiger partial charge in [0.25, 0.3) is 0 Å². The predicted molar refractivity (Wildman–Crippen MR) is 101 cm³/mol. The summed E-state index contributed by atoms with van der Waals surface area (Å²) in [6.07, 6.45) is 0. The van der Waals surface area contributed by atoms with Crippen LogP contribution in [0.1, 0.15) is 22.6 Å². The first-order valence-corrected chi connectivity index (χ1v) is 9.07. The lowest BCUT2D eigenvalue weighted by molar-refractivity contribution is 0.169. The fourth-order valence-electron chi connectivity index (χ4n) is 3.21. The molecular formula is C19H26FN5O2. The van der Waals surface area contributed by atoms with E-state index in [1.54, 1.807) is 19.2 Å². The maximum Gasteiger partial charge on any atom is 0.194 e. The Morgan fingerprint density at radius 2 is 2.07 bits per heavy atom. The quantitative estimate of drug-likeness (QED) is 0.609. The minimum Gasteiger partial charge on any atom is -0.392 e. The first-order chi connectivity index (χ1) is 13.1. The molecule has 0 radical (unpaired) electrons. The number of rotatable bonds is 5. The molecule has 1 fully saturated rings. The van der Waals surface area contributed by atoms with Gasteiger partial charge in [-0.3, -0.25) is 9.89 Å². The van der Waals surface area contributed by atoms with Crippen molar-refractivity contribution in [3.8, 4) is 0 Å². The molecule has 0 unspecified atom stereocenters. The third-order valence-electron chi connectivity index (χ3n) is 4.68. The first-order valence-electron chi connectivity index (χ1n) is 9.07. The average molecular weight is 375 g/mol. The molecule has 0 aliphatic carbocycles. The number of guanidine groups is 1. The molecule has 0 atom stereocenters. The molecule has 0 spiro atoms. The summed E-state index contributed by atoms with van der Waals surface area (Å²) >= 11 is 0. The van der Waals surface area contributed by atoms with Gasteiger partial charge in [-0.25, -0.2) is 4.39 Å². The molecule has 2 heterocycles. The standard InChI is InChI=1S/C19H26FN5O2/c1-14-9-17(23-27-14)12-24-5-7-25(8-6-24)19(21-2)22-11-15-3-4-18(20)16(10-15)13-26/h3-4,9-10,26H,5-8,11-13H2,1-2H3,(H,21,22). The van der Waals surface area contributed by atoms with Gasteiger partial charge in [0.2, 0.25) is 0 Å². The van der Waals surface area contributed by atoms with Gasteiger partial charge in [-0.2, -0.15) is 0 Å². The number of aliphatic hydroxyl groups is 1. The van der Waals surface area contributed by atoms with Crippen LogP contribution in [0.3, 0.4) is 0 Å². The van der Waals surface area contributed by atoms with Crippen molar-refractivity contribution in [2.24, 2.45) is 4.99 Å². The van der Waals surface area contributed by atoms with Gasteiger partial charge in [-0.1, -0.05) is 11.2 Å². The Balaban J connectivity index is 1.50. The zero-order valence-electron chi connectivity index (χ0n) is 15.8. The minimum atomic E-state index is -0.385. The number of aliphatic hydroxyl groups excluding tert-OH is 1. The van der Waals surface area contributed by atoms with Crippen molar-refractivity contribution in [3.63, 3.8) is 0 Å². The van der Waals surface area contributed by atoms with E-state index < -0.39 is 0 Å². The average Bonchev–Trinajstić information content (AvgIpc) is 3.09. The molecule has 1 saturated heterocycles.